The highest BCUT2D eigenvalue weighted by Gasteiger charge is 2.39. The van der Waals surface area contributed by atoms with Crippen LogP contribution in [0, 0.1) is 0 Å². The molecule has 0 fully saturated rings. The van der Waals surface area contributed by atoms with Gasteiger partial charge in [0, 0.05) is 61.4 Å². The molecule has 5 heteroatoms. The van der Waals surface area contributed by atoms with E-state index in [-0.39, 0.29) is 16.2 Å². The highest BCUT2D eigenvalue weighted by Crippen LogP contribution is 2.53. The Bertz CT molecular complexity index is 3640. The molecule has 0 radical (unpaired) electrons. The fraction of sp³-hybridized carbons (Fsp3) is 0.169. The van der Waals surface area contributed by atoms with Crippen molar-refractivity contribution < 1.29 is 4.42 Å². The maximum Gasteiger partial charge on any atom is 0.227 e. The van der Waals surface area contributed by atoms with Gasteiger partial charge in [-0.3, -0.25) is 0 Å². The van der Waals surface area contributed by atoms with Crippen LogP contribution in [0.3, 0.4) is 0 Å². The predicted octanol–water partition coefficient (Wildman–Crippen LogP) is 13.6. The lowest BCUT2D eigenvalue weighted by Gasteiger charge is -2.26. The first-order chi connectivity index (χ1) is 30.8. The van der Waals surface area contributed by atoms with Crippen molar-refractivity contribution in [2.24, 2.45) is 0 Å². The van der Waals surface area contributed by atoms with Crippen LogP contribution in [0.15, 0.2) is 156 Å². The quantitative estimate of drug-likeness (QED) is 0.180. The van der Waals surface area contributed by atoms with Crippen molar-refractivity contribution in [3.8, 4) is 50.5 Å². The van der Waals surface area contributed by atoms with E-state index >= 15 is 0 Å². The lowest BCUT2D eigenvalue weighted by atomic mass is 9.59. The normalized spacial score (nSPS) is 14.9. The molecule has 0 saturated heterocycles. The monoisotopic (exact) mass is 825 g/mol. The summed E-state index contributed by atoms with van der Waals surface area (Å²) in [5.74, 6) is 0.642. The molecule has 2 aromatic heterocycles. The molecule has 3 heterocycles. The lowest BCUT2D eigenvalue weighted by molar-refractivity contribution is 0.590. The zero-order chi connectivity index (χ0) is 43.4. The van der Waals surface area contributed by atoms with Crippen LogP contribution < -0.4 is 16.2 Å². The fourth-order valence-corrected chi connectivity index (χ4v) is 11.6. The maximum atomic E-state index is 6.59. The smallest absolute Gasteiger partial charge is 0.227 e. The van der Waals surface area contributed by atoms with Crippen molar-refractivity contribution in [1.29, 1.82) is 0 Å². The highest BCUT2D eigenvalue weighted by molar-refractivity contribution is 6.73. The molecule has 10 aromatic rings. The van der Waals surface area contributed by atoms with E-state index in [2.05, 4.69) is 192 Å². The standard InChI is InChI=1S/C59H48BN3O/c1-57(2,3)34-21-23-35(24-22-34)61-49-30-47-40(36-17-11-13-19-44(36)59(47,6)7)27-42(49)38-25-26-39-43-28-46-41(37-18-12-14-20-45(37)58(46,4)5)29-51(43)63-52-32-53-50(31-48(52)60-54(38)55(39)63)62-56(64-53)33-15-9-8-10-16-33/h8-32,60-61H,1-7H3. The number of hydrogen-bond donors (Lipinski definition) is 1. The molecule has 4 nitrogen and oxygen atoms in total. The third kappa shape index (κ3) is 5.15. The van der Waals surface area contributed by atoms with E-state index in [0.29, 0.717) is 5.89 Å². The molecule has 0 unspecified atom stereocenters. The average Bonchev–Trinajstić information content (AvgIpc) is 3.99. The molecule has 0 bridgehead atoms. The summed E-state index contributed by atoms with van der Waals surface area (Å²) in [6, 6.07) is 56.4. The van der Waals surface area contributed by atoms with Crippen LogP contribution in [0.5, 0.6) is 0 Å². The van der Waals surface area contributed by atoms with Crippen LogP contribution in [0.4, 0.5) is 11.4 Å². The molecule has 0 saturated carbocycles. The topological polar surface area (TPSA) is 43.0 Å². The second-order valence-corrected chi connectivity index (χ2v) is 20.5. The second kappa shape index (κ2) is 12.8. The van der Waals surface area contributed by atoms with Gasteiger partial charge < -0.3 is 14.3 Å². The number of rotatable bonds is 4. The van der Waals surface area contributed by atoms with Gasteiger partial charge in [-0.2, -0.15) is 0 Å². The number of hydrogen-bond acceptors (Lipinski definition) is 3. The Balaban J connectivity index is 1.09. The van der Waals surface area contributed by atoms with E-state index in [0.717, 1.165) is 41.0 Å². The lowest BCUT2D eigenvalue weighted by Crippen LogP contribution is -2.37. The minimum Gasteiger partial charge on any atom is -0.436 e. The van der Waals surface area contributed by atoms with Crippen molar-refractivity contribution in [2.45, 2.75) is 64.7 Å². The number of aromatic nitrogens is 2. The zero-order valence-electron chi connectivity index (χ0n) is 37.4. The summed E-state index contributed by atoms with van der Waals surface area (Å²) in [5, 5.41) is 6.54. The van der Waals surface area contributed by atoms with Gasteiger partial charge in [0.25, 0.3) is 0 Å². The van der Waals surface area contributed by atoms with Crippen LogP contribution >= 0.6 is 0 Å². The molecule has 0 spiro atoms. The summed E-state index contributed by atoms with van der Waals surface area (Å²) in [6.45, 7) is 16.3. The summed E-state index contributed by atoms with van der Waals surface area (Å²) in [6.07, 6.45) is 0. The van der Waals surface area contributed by atoms with Crippen molar-refractivity contribution in [2.75, 3.05) is 5.32 Å². The van der Waals surface area contributed by atoms with Crippen LogP contribution in [-0.4, -0.2) is 16.8 Å². The first-order valence-electron chi connectivity index (χ1n) is 22.7. The number of oxazole rings is 1. The number of nitrogens with zero attached hydrogens (tertiary/aromatic N) is 2. The van der Waals surface area contributed by atoms with Gasteiger partial charge in [0.1, 0.15) is 5.52 Å². The molecule has 0 atom stereocenters. The Hall–Kier alpha value is -7.11. The van der Waals surface area contributed by atoms with Crippen molar-refractivity contribution in [1.82, 2.24) is 9.55 Å². The molecule has 0 amide bonds. The number of benzene rings is 8. The number of fused-ring (bicyclic) bond motifs is 12. The summed E-state index contributed by atoms with van der Waals surface area (Å²) in [5.41, 5.74) is 25.4. The Morgan fingerprint density at radius 3 is 1.94 bits per heavy atom. The zero-order valence-corrected chi connectivity index (χ0v) is 37.4. The highest BCUT2D eigenvalue weighted by atomic mass is 16.3. The fourth-order valence-electron chi connectivity index (χ4n) is 11.6. The van der Waals surface area contributed by atoms with Gasteiger partial charge in [-0.25, -0.2) is 4.98 Å². The van der Waals surface area contributed by atoms with Crippen molar-refractivity contribution >= 4 is 62.5 Å². The summed E-state index contributed by atoms with van der Waals surface area (Å²) in [7, 11) is 0.759. The van der Waals surface area contributed by atoms with Crippen LogP contribution in [0.25, 0.3) is 83.4 Å². The minimum absolute atomic E-state index is 0.0693. The third-order valence-electron chi connectivity index (χ3n) is 15.0. The molecule has 64 heavy (non-hydrogen) atoms. The molecule has 13 rings (SSSR count). The second-order valence-electron chi connectivity index (χ2n) is 20.5. The van der Waals surface area contributed by atoms with E-state index in [1.165, 1.54) is 93.9 Å². The summed E-state index contributed by atoms with van der Waals surface area (Å²) in [4.78, 5) is 5.09. The Morgan fingerprint density at radius 1 is 0.578 bits per heavy atom. The van der Waals surface area contributed by atoms with Crippen LogP contribution in [-0.2, 0) is 16.2 Å². The van der Waals surface area contributed by atoms with E-state index < -0.39 is 0 Å². The minimum atomic E-state index is -0.144. The van der Waals surface area contributed by atoms with Gasteiger partial charge in [-0.05, 0) is 121 Å². The van der Waals surface area contributed by atoms with E-state index in [4.69, 9.17) is 9.40 Å². The summed E-state index contributed by atoms with van der Waals surface area (Å²) < 4.78 is 9.13. The van der Waals surface area contributed by atoms with Gasteiger partial charge in [-0.15, -0.1) is 0 Å². The Labute approximate surface area is 374 Å². The Morgan fingerprint density at radius 2 is 1.23 bits per heavy atom. The van der Waals surface area contributed by atoms with Crippen molar-refractivity contribution in [3.63, 3.8) is 0 Å². The van der Waals surface area contributed by atoms with Crippen molar-refractivity contribution in [3.05, 3.63) is 179 Å². The molecular formula is C59H48BN3O. The molecule has 1 aliphatic heterocycles. The number of anilines is 2. The molecule has 3 aliphatic rings. The SMILES string of the molecule is CC(C)(C)c1ccc(Nc2cc3c(cc2-c2ccc4c5cc6c(cc5n5c4c2Bc2cc4nc(-c7ccccc7)oc4cc2-5)-c2ccccc2C6(C)C)-c2ccccc2C3(C)C)cc1. The van der Waals surface area contributed by atoms with Gasteiger partial charge in [0.2, 0.25) is 5.89 Å². The van der Waals surface area contributed by atoms with E-state index in [1.807, 2.05) is 18.2 Å². The van der Waals surface area contributed by atoms with Crippen LogP contribution in [0.2, 0.25) is 0 Å². The molecule has 1 N–H and O–H groups in total. The van der Waals surface area contributed by atoms with Crippen LogP contribution in [0.1, 0.15) is 76.3 Å². The maximum absolute atomic E-state index is 6.59. The first-order valence-corrected chi connectivity index (χ1v) is 22.7. The molecule has 2 aliphatic carbocycles. The first kappa shape index (κ1) is 37.4. The van der Waals surface area contributed by atoms with Gasteiger partial charge in [0.15, 0.2) is 12.9 Å². The average molecular weight is 826 g/mol. The third-order valence-corrected chi connectivity index (χ3v) is 15.0. The van der Waals surface area contributed by atoms with Gasteiger partial charge in [-0.1, -0.05) is 145 Å². The largest absolute Gasteiger partial charge is 0.436 e. The van der Waals surface area contributed by atoms with E-state index in [9.17, 15) is 0 Å². The molecule has 308 valence electrons. The van der Waals surface area contributed by atoms with E-state index in [1.54, 1.807) is 0 Å². The number of nitrogens with one attached hydrogen (secondary N) is 1. The Kier molecular flexibility index (Phi) is 7.47. The van der Waals surface area contributed by atoms with Gasteiger partial charge >= 0.3 is 0 Å². The predicted molar refractivity (Wildman–Crippen MR) is 269 cm³/mol. The molecule has 8 aromatic carbocycles. The van der Waals surface area contributed by atoms with Gasteiger partial charge in [0.05, 0.1) is 5.52 Å². The molecular weight excluding hydrogens is 777 g/mol. The summed E-state index contributed by atoms with van der Waals surface area (Å²) >= 11 is 0.